The van der Waals surface area contributed by atoms with Crippen molar-refractivity contribution >= 4 is 5.82 Å². The number of anilines is 1. The summed E-state index contributed by atoms with van der Waals surface area (Å²) < 4.78 is 0. The predicted octanol–water partition coefficient (Wildman–Crippen LogP) is 1.82. The van der Waals surface area contributed by atoms with Crippen molar-refractivity contribution in [3.05, 3.63) is 18.1 Å². The number of rotatable bonds is 6. The van der Waals surface area contributed by atoms with E-state index in [4.69, 9.17) is 0 Å². The quantitative estimate of drug-likeness (QED) is 0.797. The fourth-order valence-electron chi connectivity index (χ4n) is 1.66. The van der Waals surface area contributed by atoms with Crippen LogP contribution in [-0.4, -0.2) is 29.1 Å². The molecular weight excluding hydrogens is 200 g/mol. The molecule has 1 aromatic heterocycles. The van der Waals surface area contributed by atoms with Gasteiger partial charge in [0.15, 0.2) is 0 Å². The fraction of sp³-hybridized carbons (Fsp3) is 0.667. The minimum atomic E-state index is 0.452. The molecule has 0 saturated heterocycles. The Balaban J connectivity index is 2.79. The Hall–Kier alpha value is -1.16. The lowest BCUT2D eigenvalue weighted by Crippen LogP contribution is -2.31. The van der Waals surface area contributed by atoms with Crippen molar-refractivity contribution in [2.75, 3.05) is 18.0 Å². The van der Waals surface area contributed by atoms with Gasteiger partial charge >= 0.3 is 0 Å². The topological polar surface area (TPSA) is 41.1 Å². The highest BCUT2D eigenvalue weighted by atomic mass is 15.2. The van der Waals surface area contributed by atoms with E-state index in [1.165, 1.54) is 0 Å². The van der Waals surface area contributed by atoms with Crippen LogP contribution in [0.2, 0.25) is 0 Å². The molecule has 0 amide bonds. The molecule has 0 aromatic carbocycles. The Bertz CT molecular complexity index is 312. The van der Waals surface area contributed by atoms with Gasteiger partial charge in [0, 0.05) is 25.3 Å². The van der Waals surface area contributed by atoms with Gasteiger partial charge in [-0.05, 0) is 27.3 Å². The van der Waals surface area contributed by atoms with Crippen LogP contribution in [-0.2, 0) is 6.54 Å². The number of nitrogens with zero attached hydrogens (tertiary/aromatic N) is 3. The second kappa shape index (κ2) is 6.43. The number of nitrogens with one attached hydrogen (secondary N) is 1. The van der Waals surface area contributed by atoms with Crippen LogP contribution in [0, 0.1) is 0 Å². The predicted molar refractivity (Wildman–Crippen MR) is 67.6 cm³/mol. The van der Waals surface area contributed by atoms with Gasteiger partial charge in [-0.15, -0.1) is 0 Å². The van der Waals surface area contributed by atoms with Gasteiger partial charge in [-0.3, -0.25) is 4.98 Å². The van der Waals surface area contributed by atoms with Crippen LogP contribution in [0.5, 0.6) is 0 Å². The van der Waals surface area contributed by atoms with Gasteiger partial charge in [-0.2, -0.15) is 0 Å². The lowest BCUT2D eigenvalue weighted by Gasteiger charge is -2.26. The molecule has 0 saturated carbocycles. The second-order valence-corrected chi connectivity index (χ2v) is 4.03. The average molecular weight is 222 g/mol. The first-order valence-electron chi connectivity index (χ1n) is 5.97. The first kappa shape index (κ1) is 12.9. The van der Waals surface area contributed by atoms with E-state index in [1.54, 1.807) is 0 Å². The van der Waals surface area contributed by atoms with Crippen molar-refractivity contribution in [2.24, 2.45) is 0 Å². The van der Waals surface area contributed by atoms with Crippen molar-refractivity contribution in [1.82, 2.24) is 15.3 Å². The average Bonchev–Trinajstić information content (AvgIpc) is 2.27. The van der Waals surface area contributed by atoms with E-state index in [0.29, 0.717) is 6.04 Å². The number of hydrogen-bond donors (Lipinski definition) is 1. The molecular formula is C12H22N4. The molecule has 4 nitrogen and oxygen atoms in total. The summed E-state index contributed by atoms with van der Waals surface area (Å²) in [5, 5.41) is 3.26. The molecule has 0 radical (unpaired) electrons. The first-order valence-corrected chi connectivity index (χ1v) is 5.97. The Labute approximate surface area is 98.1 Å². The Morgan fingerprint density at radius 1 is 1.31 bits per heavy atom. The van der Waals surface area contributed by atoms with E-state index in [9.17, 15) is 0 Å². The highest BCUT2D eigenvalue weighted by Gasteiger charge is 2.10. The van der Waals surface area contributed by atoms with Crippen molar-refractivity contribution in [1.29, 1.82) is 0 Å². The van der Waals surface area contributed by atoms with Crippen LogP contribution in [0.25, 0.3) is 0 Å². The van der Waals surface area contributed by atoms with E-state index in [0.717, 1.165) is 31.1 Å². The Morgan fingerprint density at radius 3 is 2.62 bits per heavy atom. The molecule has 0 fully saturated rings. The third kappa shape index (κ3) is 3.45. The molecule has 0 aliphatic carbocycles. The zero-order chi connectivity index (χ0) is 12.0. The van der Waals surface area contributed by atoms with Gasteiger partial charge in [-0.25, -0.2) is 4.98 Å². The van der Waals surface area contributed by atoms with E-state index in [2.05, 4.69) is 47.9 Å². The zero-order valence-electron chi connectivity index (χ0n) is 10.7. The van der Waals surface area contributed by atoms with E-state index >= 15 is 0 Å². The maximum absolute atomic E-state index is 4.60. The lowest BCUT2D eigenvalue weighted by molar-refractivity contribution is 0.674. The number of aromatic nitrogens is 2. The third-order valence-corrected chi connectivity index (χ3v) is 2.49. The van der Waals surface area contributed by atoms with Crippen LogP contribution in [0.15, 0.2) is 12.4 Å². The molecule has 0 atom stereocenters. The maximum atomic E-state index is 4.60. The molecule has 90 valence electrons. The fourth-order valence-corrected chi connectivity index (χ4v) is 1.66. The zero-order valence-corrected chi connectivity index (χ0v) is 10.7. The molecule has 4 heteroatoms. The smallest absolute Gasteiger partial charge is 0.147 e. The Morgan fingerprint density at radius 2 is 2.06 bits per heavy atom. The standard InChI is InChI=1S/C12H22N4/c1-5-13-7-11-8-14-9-12(15-11)16(6-2)10(3)4/h8-10,13H,5-7H2,1-4H3. The molecule has 1 heterocycles. The monoisotopic (exact) mass is 222 g/mol. The SMILES string of the molecule is CCNCc1cncc(N(CC)C(C)C)n1. The van der Waals surface area contributed by atoms with Crippen molar-refractivity contribution in [2.45, 2.75) is 40.3 Å². The van der Waals surface area contributed by atoms with Gasteiger partial charge in [0.1, 0.15) is 5.82 Å². The van der Waals surface area contributed by atoms with Gasteiger partial charge in [0.25, 0.3) is 0 Å². The normalized spacial score (nSPS) is 10.8. The summed E-state index contributed by atoms with van der Waals surface area (Å²) in [5.41, 5.74) is 0.999. The molecule has 16 heavy (non-hydrogen) atoms. The van der Waals surface area contributed by atoms with Crippen molar-refractivity contribution in [3.63, 3.8) is 0 Å². The Kier molecular flexibility index (Phi) is 5.19. The third-order valence-electron chi connectivity index (χ3n) is 2.49. The lowest BCUT2D eigenvalue weighted by atomic mass is 10.3. The van der Waals surface area contributed by atoms with Gasteiger partial charge in [-0.1, -0.05) is 6.92 Å². The number of hydrogen-bond acceptors (Lipinski definition) is 4. The van der Waals surface area contributed by atoms with Gasteiger partial charge in [0.05, 0.1) is 11.9 Å². The largest absolute Gasteiger partial charge is 0.353 e. The highest BCUT2D eigenvalue weighted by molar-refractivity contribution is 5.37. The van der Waals surface area contributed by atoms with Crippen LogP contribution < -0.4 is 10.2 Å². The van der Waals surface area contributed by atoms with Crippen LogP contribution in [0.4, 0.5) is 5.82 Å². The summed E-state index contributed by atoms with van der Waals surface area (Å²) in [6.45, 7) is 11.3. The molecule has 0 unspecified atom stereocenters. The molecule has 0 aliphatic heterocycles. The molecule has 1 N–H and O–H groups in total. The van der Waals surface area contributed by atoms with Crippen molar-refractivity contribution in [3.8, 4) is 0 Å². The van der Waals surface area contributed by atoms with Crippen LogP contribution in [0.1, 0.15) is 33.4 Å². The van der Waals surface area contributed by atoms with Gasteiger partial charge in [0.2, 0.25) is 0 Å². The summed E-state index contributed by atoms with van der Waals surface area (Å²) in [7, 11) is 0. The molecule has 0 aliphatic rings. The van der Waals surface area contributed by atoms with E-state index < -0.39 is 0 Å². The summed E-state index contributed by atoms with van der Waals surface area (Å²) in [4.78, 5) is 11.1. The van der Waals surface area contributed by atoms with Crippen molar-refractivity contribution < 1.29 is 0 Å². The van der Waals surface area contributed by atoms with Crippen LogP contribution in [0.3, 0.4) is 0 Å². The first-order chi connectivity index (χ1) is 7.69. The second-order valence-electron chi connectivity index (χ2n) is 4.03. The van der Waals surface area contributed by atoms with Gasteiger partial charge < -0.3 is 10.2 Å². The highest BCUT2D eigenvalue weighted by Crippen LogP contribution is 2.12. The maximum Gasteiger partial charge on any atom is 0.147 e. The molecule has 1 rings (SSSR count). The minimum Gasteiger partial charge on any atom is -0.353 e. The summed E-state index contributed by atoms with van der Waals surface area (Å²) >= 11 is 0. The summed E-state index contributed by atoms with van der Waals surface area (Å²) in [5.74, 6) is 0.966. The molecule has 0 spiro atoms. The van der Waals surface area contributed by atoms with Crippen LogP contribution >= 0.6 is 0 Å². The minimum absolute atomic E-state index is 0.452. The molecule has 0 bridgehead atoms. The molecule has 1 aromatic rings. The summed E-state index contributed by atoms with van der Waals surface area (Å²) in [6, 6.07) is 0.452. The summed E-state index contributed by atoms with van der Waals surface area (Å²) in [6.07, 6.45) is 3.65. The van der Waals surface area contributed by atoms with E-state index in [-0.39, 0.29) is 0 Å². The van der Waals surface area contributed by atoms with E-state index in [1.807, 2.05) is 12.4 Å².